The molecule has 8 nitrogen and oxygen atoms in total. The lowest BCUT2D eigenvalue weighted by atomic mass is 10.2. The smallest absolute Gasteiger partial charge is 0.166 e. The maximum atomic E-state index is 12.0. The van der Waals surface area contributed by atoms with Gasteiger partial charge in [-0.2, -0.15) is 0 Å². The number of ether oxygens (including phenoxy) is 2. The van der Waals surface area contributed by atoms with E-state index < -0.39 is 21.3 Å². The molecule has 188 valence electrons. The van der Waals surface area contributed by atoms with E-state index in [1.54, 1.807) is 12.1 Å². The van der Waals surface area contributed by atoms with Crippen LogP contribution < -0.4 is 19.7 Å². The van der Waals surface area contributed by atoms with Crippen molar-refractivity contribution in [1.29, 1.82) is 0 Å². The monoisotopic (exact) mass is 491 g/mol. The van der Waals surface area contributed by atoms with Gasteiger partial charge in [0.2, 0.25) is 0 Å². The van der Waals surface area contributed by atoms with Crippen LogP contribution in [0.5, 0.6) is 11.5 Å². The van der Waals surface area contributed by atoms with Crippen LogP contribution in [-0.2, 0) is 9.84 Å². The molecule has 9 heteroatoms. The minimum atomic E-state index is -3.48. The Morgan fingerprint density at radius 1 is 0.941 bits per heavy atom. The van der Waals surface area contributed by atoms with Gasteiger partial charge < -0.3 is 19.5 Å². The Kier molecular flexibility index (Phi) is 9.58. The van der Waals surface area contributed by atoms with E-state index >= 15 is 0 Å². The third-order valence-electron chi connectivity index (χ3n) is 5.72. The Morgan fingerprint density at radius 2 is 1.53 bits per heavy atom. The third-order valence-corrected chi connectivity index (χ3v) is 7.10. The quantitative estimate of drug-likeness (QED) is 0.466. The highest BCUT2D eigenvalue weighted by Crippen LogP contribution is 2.19. The predicted octanol–water partition coefficient (Wildman–Crippen LogP) is 2.00. The van der Waals surface area contributed by atoms with Gasteiger partial charge >= 0.3 is 0 Å². The third kappa shape index (κ3) is 8.16. The molecule has 1 saturated heterocycles. The molecule has 0 radical (unpaired) electrons. The van der Waals surface area contributed by atoms with Gasteiger partial charge in [0.1, 0.15) is 36.2 Å². The highest BCUT2D eigenvalue weighted by atomic mass is 32.2. The fourth-order valence-corrected chi connectivity index (χ4v) is 5.08. The summed E-state index contributed by atoms with van der Waals surface area (Å²) in [6.07, 6.45) is -0.0818. The van der Waals surface area contributed by atoms with Crippen LogP contribution in [0.25, 0.3) is 0 Å². The molecule has 0 saturated carbocycles. The molecule has 34 heavy (non-hydrogen) atoms. The van der Waals surface area contributed by atoms with E-state index in [0.29, 0.717) is 12.4 Å². The van der Waals surface area contributed by atoms with E-state index in [1.165, 1.54) is 5.69 Å². The number of aliphatic hydroxyl groups is 1. The molecule has 0 spiro atoms. The Hall–Kier alpha value is -2.33. The molecule has 1 aliphatic heterocycles. The molecule has 2 atom stereocenters. The lowest BCUT2D eigenvalue weighted by molar-refractivity contribution is 0.0926. The first-order valence-electron chi connectivity index (χ1n) is 11.7. The molecule has 3 rings (SSSR count). The number of nitrogens with zero attached hydrogens (tertiary/aromatic N) is 2. The second-order valence-corrected chi connectivity index (χ2v) is 11.1. The summed E-state index contributed by atoms with van der Waals surface area (Å²) < 4.78 is 35.4. The zero-order valence-electron chi connectivity index (χ0n) is 20.3. The second kappa shape index (κ2) is 12.4. The summed E-state index contributed by atoms with van der Waals surface area (Å²) >= 11 is 0. The fraction of sp³-hybridized carbons (Fsp3) is 0.520. The van der Waals surface area contributed by atoms with Crippen molar-refractivity contribution in [2.75, 3.05) is 57.1 Å². The second-order valence-electron chi connectivity index (χ2n) is 8.93. The summed E-state index contributed by atoms with van der Waals surface area (Å²) in [5.74, 6) is 1.28. The summed E-state index contributed by atoms with van der Waals surface area (Å²) in [6, 6.07) is 17.5. The average molecular weight is 492 g/mol. The number of anilines is 1. The number of hydrogen-bond acceptors (Lipinski definition) is 8. The molecule has 0 aliphatic carbocycles. The summed E-state index contributed by atoms with van der Waals surface area (Å²) in [7, 11) is -3.48. The number of sulfone groups is 1. The summed E-state index contributed by atoms with van der Waals surface area (Å²) in [6.45, 7) is 9.02. The van der Waals surface area contributed by atoms with Crippen LogP contribution in [0.15, 0.2) is 54.6 Å². The minimum Gasteiger partial charge on any atom is -0.492 e. The van der Waals surface area contributed by atoms with Crippen LogP contribution in [-0.4, -0.2) is 88.1 Å². The van der Waals surface area contributed by atoms with Gasteiger partial charge in [-0.15, -0.1) is 0 Å². The van der Waals surface area contributed by atoms with E-state index in [1.807, 2.05) is 32.0 Å². The number of aliphatic hydroxyl groups excluding tert-OH is 1. The summed E-state index contributed by atoms with van der Waals surface area (Å²) in [4.78, 5) is 4.81. The zero-order chi connectivity index (χ0) is 24.6. The van der Waals surface area contributed by atoms with Crippen LogP contribution in [0.1, 0.15) is 13.8 Å². The Bertz CT molecular complexity index is 962. The lowest BCUT2D eigenvalue weighted by Crippen LogP contribution is -2.50. The van der Waals surface area contributed by atoms with Crippen molar-refractivity contribution in [1.82, 2.24) is 10.2 Å². The zero-order valence-corrected chi connectivity index (χ0v) is 21.1. The molecule has 1 unspecified atom stereocenters. The first kappa shape index (κ1) is 26.3. The van der Waals surface area contributed by atoms with Gasteiger partial charge in [0.05, 0.1) is 0 Å². The van der Waals surface area contributed by atoms with Crippen molar-refractivity contribution in [3.05, 3.63) is 54.6 Å². The number of rotatable bonds is 12. The number of para-hydroxylation sites is 1. The first-order chi connectivity index (χ1) is 16.2. The molecule has 1 heterocycles. The largest absolute Gasteiger partial charge is 0.492 e. The predicted molar refractivity (Wildman–Crippen MR) is 135 cm³/mol. The topological polar surface area (TPSA) is 91.3 Å². The van der Waals surface area contributed by atoms with Crippen molar-refractivity contribution in [2.45, 2.75) is 31.4 Å². The van der Waals surface area contributed by atoms with Crippen molar-refractivity contribution >= 4 is 15.5 Å². The minimum absolute atomic E-state index is 0.0847. The van der Waals surface area contributed by atoms with Crippen molar-refractivity contribution in [3.63, 3.8) is 0 Å². The molecule has 2 N–H and O–H groups in total. The molecular weight excluding hydrogens is 454 g/mol. The van der Waals surface area contributed by atoms with E-state index in [4.69, 9.17) is 9.47 Å². The van der Waals surface area contributed by atoms with Crippen LogP contribution >= 0.6 is 0 Å². The molecule has 2 aromatic carbocycles. The first-order valence-corrected chi connectivity index (χ1v) is 13.7. The molecule has 2 aromatic rings. The maximum absolute atomic E-state index is 12.0. The van der Waals surface area contributed by atoms with Gasteiger partial charge in [-0.25, -0.2) is 8.42 Å². The highest BCUT2D eigenvalue weighted by molar-refractivity contribution is 7.91. The summed E-state index contributed by atoms with van der Waals surface area (Å²) in [5.41, 5.74) is 1.27. The van der Waals surface area contributed by atoms with Crippen LogP contribution in [0.4, 0.5) is 5.69 Å². The Labute approximate surface area is 203 Å². The standard InChI is InChI=1S/C25H37N3O5S/c1-20(2)26-25(34(3,30)31)24(29)19-33-23-11-9-22(10-12-23)32-18-17-27-13-15-28(16-14-27)21-7-5-4-6-8-21/h4-12,20,24-26,29H,13-19H2,1-3H3/t24-,25?/m0/s1. The van der Waals surface area contributed by atoms with Gasteiger partial charge in [-0.1, -0.05) is 18.2 Å². The molecule has 1 fully saturated rings. The highest BCUT2D eigenvalue weighted by Gasteiger charge is 2.29. The van der Waals surface area contributed by atoms with E-state index in [9.17, 15) is 13.5 Å². The average Bonchev–Trinajstić information content (AvgIpc) is 2.82. The SMILES string of the molecule is CC(C)NC([C@@H](O)COc1ccc(OCCN2CCN(c3ccccc3)CC2)cc1)S(C)(=O)=O. The van der Waals surface area contributed by atoms with Gasteiger partial charge in [0, 0.05) is 50.7 Å². The van der Waals surface area contributed by atoms with Crippen LogP contribution in [0.2, 0.25) is 0 Å². The van der Waals surface area contributed by atoms with Crippen molar-refractivity contribution < 1.29 is 23.0 Å². The van der Waals surface area contributed by atoms with Crippen LogP contribution in [0.3, 0.4) is 0 Å². The Morgan fingerprint density at radius 3 is 2.09 bits per heavy atom. The Balaban J connectivity index is 1.38. The molecule has 0 bridgehead atoms. The molecule has 0 aromatic heterocycles. The van der Waals surface area contributed by atoms with Crippen LogP contribution in [0, 0.1) is 0 Å². The number of benzene rings is 2. The van der Waals surface area contributed by atoms with Crippen molar-refractivity contribution in [3.8, 4) is 11.5 Å². The number of piperazine rings is 1. The summed E-state index contributed by atoms with van der Waals surface area (Å²) in [5, 5.41) is 12.1. The van der Waals surface area contributed by atoms with E-state index in [-0.39, 0.29) is 12.6 Å². The lowest BCUT2D eigenvalue weighted by Gasteiger charge is -2.36. The van der Waals surface area contributed by atoms with Gasteiger partial charge in [0.15, 0.2) is 9.84 Å². The van der Waals surface area contributed by atoms with Gasteiger partial charge in [-0.05, 0) is 50.2 Å². The number of hydrogen-bond donors (Lipinski definition) is 2. The van der Waals surface area contributed by atoms with E-state index in [0.717, 1.165) is 44.7 Å². The molecule has 1 aliphatic rings. The normalized spacial score (nSPS) is 16.9. The maximum Gasteiger partial charge on any atom is 0.166 e. The van der Waals surface area contributed by atoms with Crippen molar-refractivity contribution in [2.24, 2.45) is 0 Å². The number of nitrogens with one attached hydrogen (secondary N) is 1. The van der Waals surface area contributed by atoms with Gasteiger partial charge in [0.25, 0.3) is 0 Å². The van der Waals surface area contributed by atoms with E-state index in [2.05, 4.69) is 39.4 Å². The van der Waals surface area contributed by atoms with Gasteiger partial charge in [-0.3, -0.25) is 10.2 Å². The molecular formula is C25H37N3O5S. The molecule has 0 amide bonds. The fourth-order valence-electron chi connectivity index (χ4n) is 3.91.